The normalized spacial score (nSPS) is 11.1. The van der Waals surface area contributed by atoms with E-state index in [1.807, 2.05) is 12.1 Å². The highest BCUT2D eigenvalue weighted by molar-refractivity contribution is 7.98. The van der Waals surface area contributed by atoms with E-state index in [2.05, 4.69) is 15.3 Å². The summed E-state index contributed by atoms with van der Waals surface area (Å²) >= 11 is 1.53. The molecule has 4 aromatic rings. The third kappa shape index (κ3) is 3.36. The molecule has 0 bridgehead atoms. The van der Waals surface area contributed by atoms with Crippen LogP contribution in [0.4, 0.5) is 8.78 Å². The van der Waals surface area contributed by atoms with Crippen molar-refractivity contribution < 1.29 is 8.78 Å². The molecule has 7 heteroatoms. The van der Waals surface area contributed by atoms with E-state index >= 15 is 0 Å². The summed E-state index contributed by atoms with van der Waals surface area (Å²) in [5.41, 5.74) is 2.36. The van der Waals surface area contributed by atoms with Crippen LogP contribution in [0.2, 0.25) is 0 Å². The molecular weight excluding hydrogens is 342 g/mol. The van der Waals surface area contributed by atoms with Crippen molar-refractivity contribution in [1.82, 2.24) is 19.8 Å². The van der Waals surface area contributed by atoms with Crippen LogP contribution in [0.15, 0.2) is 65.7 Å². The first-order valence-electron chi connectivity index (χ1n) is 7.55. The van der Waals surface area contributed by atoms with Crippen LogP contribution in [0.1, 0.15) is 5.56 Å². The first kappa shape index (κ1) is 15.7. The summed E-state index contributed by atoms with van der Waals surface area (Å²) in [4.78, 5) is 0. The summed E-state index contributed by atoms with van der Waals surface area (Å²) in [5.74, 6) is 0.675. The maximum Gasteiger partial charge on any atom is 0.185 e. The van der Waals surface area contributed by atoms with Gasteiger partial charge in [-0.25, -0.2) is 8.78 Å². The molecule has 0 fully saturated rings. The van der Waals surface area contributed by atoms with E-state index in [4.69, 9.17) is 0 Å². The lowest BCUT2D eigenvalue weighted by molar-refractivity contribution is 0.627. The molecule has 124 valence electrons. The van der Waals surface area contributed by atoms with Gasteiger partial charge in [0, 0.05) is 11.3 Å². The van der Waals surface area contributed by atoms with E-state index in [0.717, 1.165) is 16.2 Å². The van der Waals surface area contributed by atoms with Crippen molar-refractivity contribution in [3.05, 3.63) is 77.9 Å². The molecule has 0 amide bonds. The summed E-state index contributed by atoms with van der Waals surface area (Å²) in [6, 6.07) is 16.1. The zero-order chi connectivity index (χ0) is 17.2. The number of hydrogen-bond donors (Lipinski definition) is 0. The maximum atomic E-state index is 13.1. The van der Waals surface area contributed by atoms with Crippen molar-refractivity contribution in [3.63, 3.8) is 0 Å². The van der Waals surface area contributed by atoms with E-state index in [1.165, 1.54) is 36.0 Å². The molecule has 0 aliphatic heterocycles. The number of hydrogen-bond acceptors (Lipinski definition) is 4. The van der Waals surface area contributed by atoms with Crippen molar-refractivity contribution >= 4 is 17.4 Å². The Hall–Kier alpha value is -2.80. The van der Waals surface area contributed by atoms with Gasteiger partial charge in [-0.2, -0.15) is 9.61 Å². The molecule has 0 saturated carbocycles. The number of thioether (sulfide) groups is 1. The Morgan fingerprint density at radius 2 is 1.48 bits per heavy atom. The summed E-state index contributed by atoms with van der Waals surface area (Å²) in [5, 5.41) is 13.6. The minimum atomic E-state index is -0.305. The van der Waals surface area contributed by atoms with Crippen molar-refractivity contribution in [2.24, 2.45) is 0 Å². The van der Waals surface area contributed by atoms with Gasteiger partial charge < -0.3 is 0 Å². The van der Waals surface area contributed by atoms with E-state index in [0.29, 0.717) is 17.2 Å². The third-order valence-corrected chi connectivity index (χ3v) is 4.63. The summed E-state index contributed by atoms with van der Waals surface area (Å²) < 4.78 is 27.7. The summed E-state index contributed by atoms with van der Waals surface area (Å²) in [7, 11) is 0. The Kier molecular flexibility index (Phi) is 4.15. The van der Waals surface area contributed by atoms with Crippen LogP contribution in [-0.4, -0.2) is 19.8 Å². The van der Waals surface area contributed by atoms with Crippen LogP contribution in [0.25, 0.3) is 17.0 Å². The SMILES string of the molecule is Fc1ccc(CSc2ccc3nnc(-c4ccc(F)cc4)n3n2)cc1. The van der Waals surface area contributed by atoms with Gasteiger partial charge in [-0.05, 0) is 54.1 Å². The highest BCUT2D eigenvalue weighted by Crippen LogP contribution is 2.23. The van der Waals surface area contributed by atoms with Gasteiger partial charge in [-0.3, -0.25) is 0 Å². The number of fused-ring (bicyclic) bond motifs is 1. The zero-order valence-electron chi connectivity index (χ0n) is 12.9. The Morgan fingerprint density at radius 1 is 0.800 bits per heavy atom. The second-order valence-corrected chi connectivity index (χ2v) is 6.38. The second kappa shape index (κ2) is 6.60. The number of nitrogens with zero attached hydrogens (tertiary/aromatic N) is 4. The predicted octanol–water partition coefficient (Wildman–Crippen LogP) is 4.36. The largest absolute Gasteiger partial charge is 0.207 e. The van der Waals surface area contributed by atoms with Crippen LogP contribution in [-0.2, 0) is 5.75 Å². The number of halogens is 2. The van der Waals surface area contributed by atoms with Gasteiger partial charge in [-0.15, -0.1) is 10.2 Å². The Bertz CT molecular complexity index is 1010. The molecule has 4 nitrogen and oxygen atoms in total. The van der Waals surface area contributed by atoms with Gasteiger partial charge in [-0.1, -0.05) is 23.9 Å². The van der Waals surface area contributed by atoms with Gasteiger partial charge in [0.2, 0.25) is 0 Å². The van der Waals surface area contributed by atoms with Crippen LogP contribution < -0.4 is 0 Å². The smallest absolute Gasteiger partial charge is 0.185 e. The molecule has 0 aliphatic rings. The average Bonchev–Trinajstić information content (AvgIpc) is 3.05. The number of rotatable bonds is 4. The number of benzene rings is 2. The molecule has 0 unspecified atom stereocenters. The molecule has 0 aliphatic carbocycles. The van der Waals surface area contributed by atoms with E-state index in [1.54, 1.807) is 28.8 Å². The van der Waals surface area contributed by atoms with Crippen molar-refractivity contribution in [2.45, 2.75) is 10.8 Å². The van der Waals surface area contributed by atoms with E-state index in [9.17, 15) is 8.78 Å². The van der Waals surface area contributed by atoms with E-state index < -0.39 is 0 Å². The first-order chi connectivity index (χ1) is 12.2. The van der Waals surface area contributed by atoms with Crippen molar-refractivity contribution in [1.29, 1.82) is 0 Å². The minimum absolute atomic E-state index is 0.248. The summed E-state index contributed by atoms with van der Waals surface area (Å²) in [6.07, 6.45) is 0. The molecule has 2 aromatic heterocycles. The third-order valence-electron chi connectivity index (χ3n) is 3.64. The molecular formula is C18H12F2N4S. The molecule has 4 rings (SSSR count). The van der Waals surface area contributed by atoms with Gasteiger partial charge in [0.25, 0.3) is 0 Å². The molecule has 0 N–H and O–H groups in total. The van der Waals surface area contributed by atoms with Crippen LogP contribution in [0, 0.1) is 11.6 Å². The standard InChI is InChI=1S/C18H12F2N4S/c19-14-5-1-12(2-6-14)11-25-17-10-9-16-21-22-18(24(16)23-17)13-3-7-15(20)8-4-13/h1-10H,11H2. The minimum Gasteiger partial charge on any atom is -0.207 e. The fraction of sp³-hybridized carbons (Fsp3) is 0.0556. The number of aromatic nitrogens is 4. The van der Waals surface area contributed by atoms with Gasteiger partial charge in [0.15, 0.2) is 11.5 Å². The highest BCUT2D eigenvalue weighted by Gasteiger charge is 2.10. The topological polar surface area (TPSA) is 43.1 Å². The molecule has 0 radical (unpaired) electrons. The van der Waals surface area contributed by atoms with Crippen molar-refractivity contribution in [3.8, 4) is 11.4 Å². The monoisotopic (exact) mass is 354 g/mol. The lowest BCUT2D eigenvalue weighted by Gasteiger charge is -2.04. The molecule has 2 heterocycles. The quantitative estimate of drug-likeness (QED) is 0.511. The first-order valence-corrected chi connectivity index (χ1v) is 8.53. The lowest BCUT2D eigenvalue weighted by Crippen LogP contribution is -1.96. The summed E-state index contributed by atoms with van der Waals surface area (Å²) in [6.45, 7) is 0. The van der Waals surface area contributed by atoms with Gasteiger partial charge in [0.05, 0.1) is 0 Å². The Morgan fingerprint density at radius 3 is 2.20 bits per heavy atom. The average molecular weight is 354 g/mol. The zero-order valence-corrected chi connectivity index (χ0v) is 13.8. The lowest BCUT2D eigenvalue weighted by atomic mass is 10.2. The molecule has 25 heavy (non-hydrogen) atoms. The van der Waals surface area contributed by atoms with Crippen LogP contribution >= 0.6 is 11.8 Å². The Labute approximate surface area is 146 Å². The predicted molar refractivity (Wildman–Crippen MR) is 92.1 cm³/mol. The maximum absolute atomic E-state index is 13.1. The van der Waals surface area contributed by atoms with E-state index in [-0.39, 0.29) is 11.6 Å². The molecule has 2 aromatic carbocycles. The fourth-order valence-electron chi connectivity index (χ4n) is 2.37. The highest BCUT2D eigenvalue weighted by atomic mass is 32.2. The van der Waals surface area contributed by atoms with Crippen LogP contribution in [0.5, 0.6) is 0 Å². The second-order valence-electron chi connectivity index (χ2n) is 5.39. The molecule has 0 saturated heterocycles. The van der Waals surface area contributed by atoms with Gasteiger partial charge >= 0.3 is 0 Å². The van der Waals surface area contributed by atoms with Crippen LogP contribution in [0.3, 0.4) is 0 Å². The fourth-order valence-corrected chi connectivity index (χ4v) is 3.18. The Balaban J connectivity index is 1.61. The van der Waals surface area contributed by atoms with Crippen molar-refractivity contribution in [2.75, 3.05) is 0 Å². The molecule has 0 spiro atoms. The van der Waals surface area contributed by atoms with Gasteiger partial charge in [0.1, 0.15) is 16.7 Å². The molecule has 0 atom stereocenters.